The highest BCUT2D eigenvalue weighted by Gasteiger charge is 2.26. The van der Waals surface area contributed by atoms with Crippen LogP contribution in [-0.4, -0.2) is 82.9 Å². The van der Waals surface area contributed by atoms with Gasteiger partial charge >= 0.3 is 0 Å². The van der Waals surface area contributed by atoms with Gasteiger partial charge in [-0.2, -0.15) is 9.78 Å². The fourth-order valence-corrected chi connectivity index (χ4v) is 3.33. The third kappa shape index (κ3) is 4.75. The first-order chi connectivity index (χ1) is 16.1. The molecule has 14 nitrogen and oxygen atoms in total. The van der Waals surface area contributed by atoms with Crippen molar-refractivity contribution in [3.63, 3.8) is 0 Å². The fraction of sp³-hybridized carbons (Fsp3) is 0.368. The minimum Gasteiger partial charge on any atom is -0.493 e. The minimum atomic E-state index is -0.558. The van der Waals surface area contributed by atoms with Crippen LogP contribution in [-0.2, 0) is 11.3 Å². The monoisotopic (exact) mass is 457 g/mol. The molecule has 0 radical (unpaired) electrons. The molecule has 33 heavy (non-hydrogen) atoms. The molecule has 1 aliphatic rings. The second-order valence-electron chi connectivity index (χ2n) is 6.94. The number of nitrogen functional groups attached to an aromatic ring is 1. The van der Waals surface area contributed by atoms with Crippen LogP contribution in [0.5, 0.6) is 11.5 Å². The number of para-hydroxylation sites is 1. The zero-order chi connectivity index (χ0) is 23.2. The lowest BCUT2D eigenvalue weighted by atomic mass is 10.2. The second-order valence-corrected chi connectivity index (χ2v) is 6.94. The number of anilines is 1. The van der Waals surface area contributed by atoms with Gasteiger partial charge in [0.1, 0.15) is 0 Å². The molecule has 0 saturated carbocycles. The molecule has 1 amide bonds. The minimum absolute atomic E-state index is 0.0261. The summed E-state index contributed by atoms with van der Waals surface area (Å²) in [6.07, 6.45) is 1.45. The molecule has 0 bridgehead atoms. The van der Waals surface area contributed by atoms with Crippen molar-refractivity contribution in [2.75, 3.05) is 46.3 Å². The Hall–Kier alpha value is -4.04. The number of carbonyl (C=O) groups is 1. The van der Waals surface area contributed by atoms with Gasteiger partial charge in [0.15, 0.2) is 17.2 Å². The lowest BCUT2D eigenvalue weighted by Gasteiger charge is -2.26. The number of hydrogen-bond acceptors (Lipinski definition) is 12. The highest BCUT2D eigenvalue weighted by Crippen LogP contribution is 2.29. The van der Waals surface area contributed by atoms with Crippen LogP contribution < -0.4 is 20.6 Å². The molecule has 1 aromatic carbocycles. The molecule has 1 saturated heterocycles. The zero-order valence-electron chi connectivity index (χ0n) is 18.1. The van der Waals surface area contributed by atoms with Crippen molar-refractivity contribution in [2.24, 2.45) is 5.10 Å². The van der Waals surface area contributed by atoms with Crippen molar-refractivity contribution >= 4 is 17.9 Å². The highest BCUT2D eigenvalue weighted by atomic mass is 16.6. The maximum Gasteiger partial charge on any atom is 0.293 e. The van der Waals surface area contributed by atoms with Gasteiger partial charge in [-0.3, -0.25) is 9.69 Å². The van der Waals surface area contributed by atoms with E-state index in [1.807, 2.05) is 0 Å². The molecular formula is C19H23N9O5. The summed E-state index contributed by atoms with van der Waals surface area (Å²) in [7, 11) is 3.06. The molecule has 3 aromatic rings. The maximum absolute atomic E-state index is 12.9. The van der Waals surface area contributed by atoms with Gasteiger partial charge in [-0.05, 0) is 22.4 Å². The molecule has 4 rings (SSSR count). The van der Waals surface area contributed by atoms with E-state index < -0.39 is 5.91 Å². The lowest BCUT2D eigenvalue weighted by molar-refractivity contribution is 0.0332. The average Bonchev–Trinajstić information content (AvgIpc) is 3.45. The van der Waals surface area contributed by atoms with E-state index in [1.54, 1.807) is 18.2 Å². The van der Waals surface area contributed by atoms with Crippen LogP contribution >= 0.6 is 0 Å². The average molecular weight is 457 g/mol. The molecule has 2 aromatic heterocycles. The molecule has 1 aliphatic heterocycles. The van der Waals surface area contributed by atoms with Crippen molar-refractivity contribution in [3.8, 4) is 17.3 Å². The smallest absolute Gasteiger partial charge is 0.293 e. The van der Waals surface area contributed by atoms with E-state index in [-0.39, 0.29) is 17.3 Å². The molecule has 0 unspecified atom stereocenters. The van der Waals surface area contributed by atoms with E-state index >= 15 is 0 Å². The van der Waals surface area contributed by atoms with E-state index in [4.69, 9.17) is 19.9 Å². The lowest BCUT2D eigenvalue weighted by Crippen LogP contribution is -2.37. The number of methoxy groups -OCH3 is 2. The van der Waals surface area contributed by atoms with Crippen LogP contribution in [0, 0.1) is 0 Å². The molecule has 0 aliphatic carbocycles. The maximum atomic E-state index is 12.9. The van der Waals surface area contributed by atoms with Crippen LogP contribution in [0.1, 0.15) is 21.7 Å². The van der Waals surface area contributed by atoms with Crippen LogP contribution in [0.25, 0.3) is 5.82 Å². The number of carbonyl (C=O) groups excluding carboxylic acids is 1. The van der Waals surface area contributed by atoms with Crippen LogP contribution in [0.3, 0.4) is 0 Å². The Bertz CT molecular complexity index is 1140. The standard InChI is InChI=1S/C19H23N9O5/c1-30-14-5-3-4-12(16(14)31-2)10-21-23-19(29)15-13(11-27-6-8-32-9-7-27)28(26-22-15)18-17(20)24-33-25-18/h3-5,10H,6-9,11H2,1-2H3,(H2,20,24)(H,23,29). The van der Waals surface area contributed by atoms with Crippen molar-refractivity contribution in [1.29, 1.82) is 0 Å². The van der Waals surface area contributed by atoms with Crippen molar-refractivity contribution in [2.45, 2.75) is 6.54 Å². The molecule has 3 N–H and O–H groups in total. The van der Waals surface area contributed by atoms with Crippen molar-refractivity contribution < 1.29 is 23.6 Å². The van der Waals surface area contributed by atoms with Crippen LogP contribution in [0.2, 0.25) is 0 Å². The summed E-state index contributed by atoms with van der Waals surface area (Å²) in [5.74, 6) is 0.651. The van der Waals surface area contributed by atoms with E-state index in [0.717, 1.165) is 0 Å². The molecular weight excluding hydrogens is 434 g/mol. The first-order valence-corrected chi connectivity index (χ1v) is 9.99. The Kier molecular flexibility index (Phi) is 6.75. The van der Waals surface area contributed by atoms with Gasteiger partial charge in [0.2, 0.25) is 11.6 Å². The third-order valence-corrected chi connectivity index (χ3v) is 4.95. The highest BCUT2D eigenvalue weighted by molar-refractivity contribution is 5.94. The Labute approximate surface area is 188 Å². The van der Waals surface area contributed by atoms with Gasteiger partial charge in [0.25, 0.3) is 5.91 Å². The normalized spacial score (nSPS) is 14.5. The summed E-state index contributed by atoms with van der Waals surface area (Å²) in [6.45, 7) is 2.91. The molecule has 3 heterocycles. The second kappa shape index (κ2) is 10.1. The number of aromatic nitrogens is 5. The topological polar surface area (TPSA) is 168 Å². The summed E-state index contributed by atoms with van der Waals surface area (Å²) in [4.78, 5) is 15.0. The first-order valence-electron chi connectivity index (χ1n) is 9.99. The molecule has 174 valence electrons. The number of amides is 1. The van der Waals surface area contributed by atoms with Crippen LogP contribution in [0.15, 0.2) is 27.9 Å². The largest absolute Gasteiger partial charge is 0.493 e. The van der Waals surface area contributed by atoms with Gasteiger partial charge in [-0.15, -0.1) is 5.10 Å². The number of hydrazone groups is 1. The van der Waals surface area contributed by atoms with Crippen LogP contribution in [0.4, 0.5) is 5.82 Å². The number of rotatable bonds is 8. The van der Waals surface area contributed by atoms with Gasteiger partial charge < -0.3 is 19.9 Å². The number of ether oxygens (including phenoxy) is 3. The zero-order valence-corrected chi connectivity index (χ0v) is 18.1. The van der Waals surface area contributed by atoms with E-state index in [2.05, 4.69) is 40.7 Å². The molecule has 1 fully saturated rings. The molecule has 0 atom stereocenters. The van der Waals surface area contributed by atoms with E-state index in [9.17, 15) is 4.79 Å². The quantitative estimate of drug-likeness (QED) is 0.341. The SMILES string of the molecule is COc1cccc(C=NNC(=O)c2nnn(-c3nonc3N)c2CN2CCOCC2)c1OC. The third-order valence-electron chi connectivity index (χ3n) is 4.95. The number of hydrogen-bond donors (Lipinski definition) is 2. The van der Waals surface area contributed by atoms with Gasteiger partial charge in [-0.1, -0.05) is 11.3 Å². The summed E-state index contributed by atoms with van der Waals surface area (Å²) >= 11 is 0. The number of nitrogens with one attached hydrogen (secondary N) is 1. The Balaban J connectivity index is 1.58. The van der Waals surface area contributed by atoms with Gasteiger partial charge in [-0.25, -0.2) is 10.1 Å². The summed E-state index contributed by atoms with van der Waals surface area (Å²) in [5.41, 5.74) is 9.44. The first kappa shape index (κ1) is 22.2. The Morgan fingerprint density at radius 2 is 2.09 bits per heavy atom. The number of nitrogens with two attached hydrogens (primary N) is 1. The van der Waals surface area contributed by atoms with Gasteiger partial charge in [0, 0.05) is 25.2 Å². The number of morpholine rings is 1. The number of benzene rings is 1. The predicted octanol–water partition coefficient (Wildman–Crippen LogP) is -0.154. The summed E-state index contributed by atoms with van der Waals surface area (Å²) in [6, 6.07) is 5.32. The number of nitrogens with zero attached hydrogens (tertiary/aromatic N) is 7. The fourth-order valence-electron chi connectivity index (χ4n) is 3.33. The Morgan fingerprint density at radius 1 is 1.27 bits per heavy atom. The molecule has 14 heteroatoms. The summed E-state index contributed by atoms with van der Waals surface area (Å²) in [5, 5.41) is 19.4. The van der Waals surface area contributed by atoms with E-state index in [1.165, 1.54) is 25.1 Å². The van der Waals surface area contributed by atoms with Gasteiger partial charge in [0.05, 0.1) is 39.3 Å². The predicted molar refractivity (Wildman–Crippen MR) is 114 cm³/mol. The van der Waals surface area contributed by atoms with E-state index in [0.29, 0.717) is 55.6 Å². The van der Waals surface area contributed by atoms with Crippen molar-refractivity contribution in [1.82, 2.24) is 35.6 Å². The summed E-state index contributed by atoms with van der Waals surface area (Å²) < 4.78 is 22.0. The molecule has 0 spiro atoms. The Morgan fingerprint density at radius 3 is 2.79 bits per heavy atom. The van der Waals surface area contributed by atoms with Crippen molar-refractivity contribution in [3.05, 3.63) is 35.2 Å².